The van der Waals surface area contributed by atoms with Gasteiger partial charge in [0.1, 0.15) is 0 Å². The number of nitrogens with two attached hydrogens (primary N) is 2. The maximum atomic E-state index is 5.89. The van der Waals surface area contributed by atoms with Crippen LogP contribution in [0.15, 0.2) is 23.2 Å². The first kappa shape index (κ1) is 10.6. The lowest BCUT2D eigenvalue weighted by Crippen LogP contribution is -2.36. The van der Waals surface area contributed by atoms with E-state index in [0.717, 1.165) is 3.57 Å². The van der Waals surface area contributed by atoms with Crippen LogP contribution < -0.4 is 17.0 Å². The summed E-state index contributed by atoms with van der Waals surface area (Å²) >= 11 is 8.06. The third kappa shape index (κ3) is 3.02. The van der Waals surface area contributed by atoms with Gasteiger partial charge in [0.25, 0.3) is 0 Å². The van der Waals surface area contributed by atoms with Gasteiger partial charge in [0.15, 0.2) is 0 Å². The van der Waals surface area contributed by atoms with Crippen molar-refractivity contribution in [2.24, 2.45) is 16.6 Å². The normalized spacial score (nSPS) is 11.5. The second-order valence-corrected chi connectivity index (χ2v) is 3.89. The maximum absolute atomic E-state index is 5.89. The number of benzene rings is 1. The quantitative estimate of drug-likeness (QED) is 0.241. The van der Waals surface area contributed by atoms with Crippen LogP contribution in [-0.2, 0) is 0 Å². The first-order chi connectivity index (χ1) is 6.13. The SMILES string of the molecule is NNC(N)=Nc1ccc(I)cc1Cl. The van der Waals surface area contributed by atoms with Gasteiger partial charge in [-0.25, -0.2) is 10.8 Å². The molecular formula is C7H8ClIN4. The summed E-state index contributed by atoms with van der Waals surface area (Å²) in [4.78, 5) is 3.94. The van der Waals surface area contributed by atoms with Crippen molar-refractivity contribution in [3.05, 3.63) is 26.8 Å². The van der Waals surface area contributed by atoms with Gasteiger partial charge < -0.3 is 5.73 Å². The average molecular weight is 311 g/mol. The molecule has 0 saturated carbocycles. The molecule has 0 saturated heterocycles. The highest BCUT2D eigenvalue weighted by Gasteiger charge is 1.99. The minimum absolute atomic E-state index is 0.128. The van der Waals surface area contributed by atoms with Crippen molar-refractivity contribution in [1.82, 2.24) is 5.43 Å². The Morgan fingerprint density at radius 2 is 2.23 bits per heavy atom. The van der Waals surface area contributed by atoms with E-state index in [1.165, 1.54) is 0 Å². The molecule has 0 heterocycles. The molecule has 0 fully saturated rings. The van der Waals surface area contributed by atoms with Crippen LogP contribution in [0.4, 0.5) is 5.69 Å². The Morgan fingerprint density at radius 3 is 2.77 bits per heavy atom. The van der Waals surface area contributed by atoms with E-state index in [1.807, 2.05) is 6.07 Å². The first-order valence-electron chi connectivity index (χ1n) is 3.39. The molecule has 4 nitrogen and oxygen atoms in total. The van der Waals surface area contributed by atoms with Crippen molar-refractivity contribution in [2.75, 3.05) is 0 Å². The highest BCUT2D eigenvalue weighted by molar-refractivity contribution is 14.1. The Hall–Kier alpha value is -0.530. The molecule has 0 aliphatic rings. The highest BCUT2D eigenvalue weighted by atomic mass is 127. The molecule has 0 aliphatic carbocycles. The van der Waals surface area contributed by atoms with Gasteiger partial charge in [-0.15, -0.1) is 0 Å². The standard InChI is InChI=1S/C7H8ClIN4/c8-5-3-4(9)1-2-6(5)12-7(10)13-11/h1-3H,11H2,(H3,10,12,13). The Bertz CT molecular complexity index is 339. The molecule has 1 aromatic rings. The molecule has 1 rings (SSSR count). The van der Waals surface area contributed by atoms with Crippen molar-refractivity contribution in [3.63, 3.8) is 0 Å². The predicted octanol–water partition coefficient (Wildman–Crippen LogP) is 1.35. The van der Waals surface area contributed by atoms with Gasteiger partial charge in [-0.2, -0.15) is 0 Å². The molecule has 0 amide bonds. The van der Waals surface area contributed by atoms with Crippen LogP contribution in [0.5, 0.6) is 0 Å². The number of guanidine groups is 1. The van der Waals surface area contributed by atoms with Crippen molar-refractivity contribution >= 4 is 45.8 Å². The number of aliphatic imine (C=N–C) groups is 1. The van der Waals surface area contributed by atoms with Gasteiger partial charge >= 0.3 is 0 Å². The number of halogens is 2. The van der Waals surface area contributed by atoms with E-state index < -0.39 is 0 Å². The molecule has 6 heteroatoms. The molecule has 0 radical (unpaired) electrons. The van der Waals surface area contributed by atoms with E-state index in [0.29, 0.717) is 10.7 Å². The van der Waals surface area contributed by atoms with Gasteiger partial charge in [0, 0.05) is 3.57 Å². The van der Waals surface area contributed by atoms with Gasteiger partial charge in [0.05, 0.1) is 10.7 Å². The van der Waals surface area contributed by atoms with E-state index >= 15 is 0 Å². The smallest absolute Gasteiger partial charge is 0.208 e. The van der Waals surface area contributed by atoms with E-state index in [9.17, 15) is 0 Å². The second kappa shape index (κ2) is 4.64. The third-order valence-electron chi connectivity index (χ3n) is 1.30. The summed E-state index contributed by atoms with van der Waals surface area (Å²) in [5.74, 6) is 5.18. The van der Waals surface area contributed by atoms with Crippen molar-refractivity contribution in [1.29, 1.82) is 0 Å². The Kier molecular flexibility index (Phi) is 3.76. The molecule has 1 aromatic carbocycles. The van der Waals surface area contributed by atoms with Crippen LogP contribution >= 0.6 is 34.2 Å². The molecule has 0 unspecified atom stereocenters. The summed E-state index contributed by atoms with van der Waals surface area (Å²) in [6.45, 7) is 0. The van der Waals surface area contributed by atoms with Gasteiger partial charge in [-0.3, -0.25) is 5.43 Å². The molecule has 0 aromatic heterocycles. The first-order valence-corrected chi connectivity index (χ1v) is 4.85. The van der Waals surface area contributed by atoms with E-state index in [1.54, 1.807) is 12.1 Å². The Morgan fingerprint density at radius 1 is 1.54 bits per heavy atom. The van der Waals surface area contributed by atoms with E-state index in [-0.39, 0.29) is 5.96 Å². The number of rotatable bonds is 1. The molecule has 5 N–H and O–H groups in total. The summed E-state index contributed by atoms with van der Waals surface area (Å²) in [5, 5.41) is 0.546. The lowest BCUT2D eigenvalue weighted by Gasteiger charge is -2.01. The number of hydrogen-bond acceptors (Lipinski definition) is 2. The van der Waals surface area contributed by atoms with Gasteiger partial charge in [-0.05, 0) is 40.8 Å². The van der Waals surface area contributed by atoms with Gasteiger partial charge in [-0.1, -0.05) is 11.6 Å². The van der Waals surface area contributed by atoms with Crippen LogP contribution in [0.2, 0.25) is 5.02 Å². The third-order valence-corrected chi connectivity index (χ3v) is 2.27. The zero-order valence-corrected chi connectivity index (χ0v) is 9.50. The van der Waals surface area contributed by atoms with Crippen molar-refractivity contribution in [2.45, 2.75) is 0 Å². The molecule has 0 aliphatic heterocycles. The van der Waals surface area contributed by atoms with E-state index in [2.05, 4.69) is 33.0 Å². The van der Waals surface area contributed by atoms with E-state index in [4.69, 9.17) is 23.2 Å². The average Bonchev–Trinajstić information content (AvgIpc) is 2.09. The summed E-state index contributed by atoms with van der Waals surface area (Å²) in [6, 6.07) is 5.45. The zero-order chi connectivity index (χ0) is 9.84. The van der Waals surface area contributed by atoms with Crippen LogP contribution in [-0.4, -0.2) is 5.96 Å². The summed E-state index contributed by atoms with van der Waals surface area (Å²) in [5.41, 5.74) is 8.18. The molecule has 0 spiro atoms. The van der Waals surface area contributed by atoms with Gasteiger partial charge in [0.2, 0.25) is 5.96 Å². The minimum Gasteiger partial charge on any atom is -0.369 e. The summed E-state index contributed by atoms with van der Waals surface area (Å²) < 4.78 is 1.04. The predicted molar refractivity (Wildman–Crippen MR) is 62.8 cm³/mol. The number of nitrogens with zero attached hydrogens (tertiary/aromatic N) is 1. The molecule has 0 atom stereocenters. The van der Waals surface area contributed by atoms with Crippen LogP contribution in [0.25, 0.3) is 0 Å². The summed E-state index contributed by atoms with van der Waals surface area (Å²) in [7, 11) is 0. The van der Waals surface area contributed by atoms with Crippen LogP contribution in [0.3, 0.4) is 0 Å². The fourth-order valence-corrected chi connectivity index (χ4v) is 1.63. The fourth-order valence-electron chi connectivity index (χ4n) is 0.734. The minimum atomic E-state index is 0.128. The fraction of sp³-hybridized carbons (Fsp3) is 0. The molecular weight excluding hydrogens is 302 g/mol. The summed E-state index contributed by atoms with van der Waals surface area (Å²) in [6.07, 6.45) is 0. The number of hydrogen-bond donors (Lipinski definition) is 3. The van der Waals surface area contributed by atoms with Crippen LogP contribution in [0.1, 0.15) is 0 Å². The topological polar surface area (TPSA) is 76.4 Å². The van der Waals surface area contributed by atoms with Crippen LogP contribution in [0, 0.1) is 3.57 Å². The monoisotopic (exact) mass is 310 g/mol. The zero-order valence-electron chi connectivity index (χ0n) is 6.59. The Labute approximate surface area is 94.5 Å². The molecule has 70 valence electrons. The molecule has 13 heavy (non-hydrogen) atoms. The van der Waals surface area contributed by atoms with Crippen molar-refractivity contribution in [3.8, 4) is 0 Å². The Balaban J connectivity index is 3.03. The number of nitrogens with one attached hydrogen (secondary N) is 1. The molecule has 0 bridgehead atoms. The largest absolute Gasteiger partial charge is 0.369 e. The highest BCUT2D eigenvalue weighted by Crippen LogP contribution is 2.26. The maximum Gasteiger partial charge on any atom is 0.208 e. The second-order valence-electron chi connectivity index (χ2n) is 2.24. The lowest BCUT2D eigenvalue weighted by molar-refractivity contribution is 1.01. The lowest BCUT2D eigenvalue weighted by atomic mass is 10.3. The van der Waals surface area contributed by atoms with Crippen molar-refractivity contribution < 1.29 is 0 Å². The number of hydrazine groups is 1.